The lowest BCUT2D eigenvalue weighted by Gasteiger charge is -2.42. The predicted molar refractivity (Wildman–Crippen MR) is 122 cm³/mol. The van der Waals surface area contributed by atoms with E-state index in [0.717, 1.165) is 12.2 Å². The fourth-order valence-corrected chi connectivity index (χ4v) is 7.07. The minimum atomic E-state index is 0.119. The first-order valence-corrected chi connectivity index (χ1v) is 11.0. The van der Waals surface area contributed by atoms with Gasteiger partial charge in [0.25, 0.3) is 0 Å². The summed E-state index contributed by atoms with van der Waals surface area (Å²) in [4.78, 5) is 1.42. The van der Waals surface area contributed by atoms with Gasteiger partial charge >= 0.3 is 0 Å². The van der Waals surface area contributed by atoms with Crippen molar-refractivity contribution in [1.29, 1.82) is 0 Å². The van der Waals surface area contributed by atoms with Crippen molar-refractivity contribution in [3.8, 4) is 5.75 Å². The number of benzene rings is 2. The van der Waals surface area contributed by atoms with E-state index in [-0.39, 0.29) is 10.2 Å². The number of hydrogen-bond donors (Lipinski definition) is 0. The molecule has 1 spiro atoms. The van der Waals surface area contributed by atoms with Crippen LogP contribution in [0.4, 0.5) is 0 Å². The minimum Gasteiger partial charge on any atom is -0.497 e. The van der Waals surface area contributed by atoms with Crippen LogP contribution in [-0.4, -0.2) is 12.0 Å². The van der Waals surface area contributed by atoms with Crippen molar-refractivity contribution in [1.82, 2.24) is 0 Å². The maximum atomic E-state index is 5.38. The molecular formula is C26H31OS+. The summed E-state index contributed by atoms with van der Waals surface area (Å²) in [5.74, 6) is 1.51. The lowest BCUT2D eigenvalue weighted by molar-refractivity contribution is 0.169. The maximum Gasteiger partial charge on any atom is 0.240 e. The van der Waals surface area contributed by atoms with Crippen LogP contribution in [0.5, 0.6) is 5.75 Å². The monoisotopic (exact) mass is 391 g/mol. The highest BCUT2D eigenvalue weighted by Crippen LogP contribution is 2.55. The molecule has 1 heterocycles. The topological polar surface area (TPSA) is 9.23 Å². The summed E-state index contributed by atoms with van der Waals surface area (Å²) in [6.07, 6.45) is 2.33. The van der Waals surface area contributed by atoms with Gasteiger partial charge in [-0.2, -0.15) is 0 Å². The van der Waals surface area contributed by atoms with E-state index in [2.05, 4.69) is 94.5 Å². The van der Waals surface area contributed by atoms with Crippen LogP contribution in [-0.2, 0) is 16.1 Å². The van der Waals surface area contributed by atoms with E-state index < -0.39 is 0 Å². The quantitative estimate of drug-likeness (QED) is 0.329. The molecule has 2 unspecified atom stereocenters. The predicted octanol–water partition coefficient (Wildman–Crippen LogP) is 6.35. The Labute approximate surface area is 173 Å². The third-order valence-electron chi connectivity index (χ3n) is 6.64. The Balaban J connectivity index is 1.94. The fourth-order valence-electron chi connectivity index (χ4n) is 5.01. The van der Waals surface area contributed by atoms with Gasteiger partial charge in [-0.25, -0.2) is 0 Å². The van der Waals surface area contributed by atoms with Gasteiger partial charge in [0.2, 0.25) is 9.61 Å². The van der Waals surface area contributed by atoms with Crippen LogP contribution < -0.4 is 4.74 Å². The zero-order valence-electron chi connectivity index (χ0n) is 17.9. The van der Waals surface area contributed by atoms with Gasteiger partial charge in [0.1, 0.15) is 5.75 Å². The lowest BCUT2D eigenvalue weighted by atomic mass is 9.62. The summed E-state index contributed by atoms with van der Waals surface area (Å²) in [5.41, 5.74) is 7.64. The average molecular weight is 392 g/mol. The number of fused-ring (bicyclic) bond motifs is 2. The molecule has 0 aromatic heterocycles. The van der Waals surface area contributed by atoms with E-state index in [4.69, 9.17) is 4.74 Å². The molecule has 0 fully saturated rings. The average Bonchev–Trinajstić information content (AvgIpc) is 2.99. The van der Waals surface area contributed by atoms with E-state index in [1.165, 1.54) is 28.0 Å². The second kappa shape index (κ2) is 6.84. The third-order valence-corrected chi connectivity index (χ3v) is 8.31. The van der Waals surface area contributed by atoms with E-state index in [1.807, 2.05) is 0 Å². The molecule has 0 radical (unpaired) electrons. The van der Waals surface area contributed by atoms with Gasteiger partial charge in [-0.3, -0.25) is 0 Å². The zero-order chi connectivity index (χ0) is 20.1. The molecular weight excluding hydrogens is 360 g/mol. The molecule has 28 heavy (non-hydrogen) atoms. The van der Waals surface area contributed by atoms with Gasteiger partial charge in [-0.1, -0.05) is 50.1 Å². The summed E-state index contributed by atoms with van der Waals surface area (Å²) < 4.78 is 5.50. The summed E-state index contributed by atoms with van der Waals surface area (Å²) in [6, 6.07) is 17.7. The molecule has 146 valence electrons. The van der Waals surface area contributed by atoms with Gasteiger partial charge in [-0.05, 0) is 56.0 Å². The summed E-state index contributed by atoms with van der Waals surface area (Å²) in [7, 11) is 1.73. The van der Waals surface area contributed by atoms with Crippen molar-refractivity contribution in [2.24, 2.45) is 11.3 Å². The first kappa shape index (κ1) is 19.4. The molecule has 4 rings (SSSR count). The molecule has 0 saturated heterocycles. The summed E-state index contributed by atoms with van der Waals surface area (Å²) in [5, 5.41) is 0. The summed E-state index contributed by atoms with van der Waals surface area (Å²) in [6.45, 7) is 11.9. The highest BCUT2D eigenvalue weighted by molar-refractivity contribution is 7.81. The van der Waals surface area contributed by atoms with E-state index in [9.17, 15) is 0 Å². The first-order valence-electron chi connectivity index (χ1n) is 10.2. The highest BCUT2D eigenvalue weighted by atomic mass is 32.1. The fraction of sp³-hybridized carbons (Fsp3) is 0.423. The van der Waals surface area contributed by atoms with Crippen LogP contribution in [0.15, 0.2) is 59.7 Å². The van der Waals surface area contributed by atoms with Crippen LogP contribution in [0.3, 0.4) is 0 Å². The molecule has 2 aromatic carbocycles. The molecule has 2 aromatic rings. The molecule has 0 N–H and O–H groups in total. The maximum absolute atomic E-state index is 5.38. The van der Waals surface area contributed by atoms with Crippen molar-refractivity contribution in [2.45, 2.75) is 52.2 Å². The Morgan fingerprint density at radius 1 is 0.964 bits per heavy atom. The normalized spacial score (nSPS) is 24.4. The Morgan fingerprint density at radius 3 is 2.29 bits per heavy atom. The van der Waals surface area contributed by atoms with Crippen LogP contribution in [0.2, 0.25) is 0 Å². The van der Waals surface area contributed by atoms with Crippen LogP contribution in [0.1, 0.15) is 64.2 Å². The van der Waals surface area contributed by atoms with Crippen molar-refractivity contribution in [3.05, 3.63) is 76.4 Å². The molecule has 2 aliphatic rings. The summed E-state index contributed by atoms with van der Waals surface area (Å²) >= 11 is 2.11. The Kier molecular flexibility index (Phi) is 4.74. The molecule has 0 saturated carbocycles. The van der Waals surface area contributed by atoms with E-state index in [0.29, 0.717) is 5.92 Å². The lowest BCUT2D eigenvalue weighted by Crippen LogP contribution is -2.43. The number of allylic oxidation sites excluding steroid dienone is 2. The van der Waals surface area contributed by atoms with Gasteiger partial charge in [-0.15, -0.1) is 0 Å². The highest BCUT2D eigenvalue weighted by Gasteiger charge is 2.60. The Bertz CT molecular complexity index is 959. The van der Waals surface area contributed by atoms with Gasteiger partial charge in [0, 0.05) is 29.0 Å². The minimum absolute atomic E-state index is 0.119. The second-order valence-electron chi connectivity index (χ2n) is 9.45. The van der Waals surface area contributed by atoms with Crippen LogP contribution in [0, 0.1) is 11.3 Å². The molecule has 1 aliphatic carbocycles. The van der Waals surface area contributed by atoms with Crippen molar-refractivity contribution in [2.75, 3.05) is 7.11 Å². The zero-order valence-corrected chi connectivity index (χ0v) is 18.7. The molecule has 1 nitrogen and oxygen atoms in total. The van der Waals surface area contributed by atoms with Gasteiger partial charge in [0.05, 0.1) is 7.11 Å². The number of ether oxygens (including phenoxy) is 1. The number of rotatable bonds is 2. The standard InChI is InChI=1S/C26H31OS/c1-17-15-23(25(3,4)5)26(16-18(17)2)22-10-8-7-9-21(22)24(28-26)19-11-13-20(27-6)14-12-19/h7-14,23H,15-16H2,1-6H3/q+1. The van der Waals surface area contributed by atoms with E-state index in [1.54, 1.807) is 18.3 Å². The molecule has 0 amide bonds. The van der Waals surface area contributed by atoms with Crippen molar-refractivity contribution >= 4 is 16.2 Å². The Morgan fingerprint density at radius 2 is 1.64 bits per heavy atom. The Hall–Kier alpha value is -1.93. The SMILES string of the molecule is COc1ccc(C2=[S+]C3(CC(C)=C(C)CC3C(C)(C)C)c3ccccc32)cc1. The molecule has 2 heteroatoms. The third kappa shape index (κ3) is 3.03. The second-order valence-corrected chi connectivity index (χ2v) is 10.8. The largest absolute Gasteiger partial charge is 0.497 e. The molecule has 0 bridgehead atoms. The molecule has 2 atom stereocenters. The first-order chi connectivity index (χ1) is 13.3. The van der Waals surface area contributed by atoms with Crippen molar-refractivity contribution in [3.63, 3.8) is 0 Å². The number of methoxy groups -OCH3 is 1. The van der Waals surface area contributed by atoms with Crippen molar-refractivity contribution < 1.29 is 4.74 Å². The van der Waals surface area contributed by atoms with Crippen LogP contribution in [0.25, 0.3) is 0 Å². The van der Waals surface area contributed by atoms with Gasteiger partial charge in [0.15, 0.2) is 11.4 Å². The number of hydrogen-bond acceptors (Lipinski definition) is 1. The smallest absolute Gasteiger partial charge is 0.240 e. The van der Waals surface area contributed by atoms with E-state index >= 15 is 0 Å². The van der Waals surface area contributed by atoms with Crippen LogP contribution >= 0.6 is 0 Å². The van der Waals surface area contributed by atoms with Gasteiger partial charge < -0.3 is 4.74 Å². The molecule has 1 aliphatic heterocycles.